The van der Waals surface area contributed by atoms with E-state index >= 15 is 0 Å². The predicted molar refractivity (Wildman–Crippen MR) is 192 cm³/mol. The number of benzene rings is 7. The van der Waals surface area contributed by atoms with Crippen molar-refractivity contribution in [1.82, 2.24) is 4.57 Å². The van der Waals surface area contributed by atoms with Crippen LogP contribution in [0.2, 0.25) is 0 Å². The van der Waals surface area contributed by atoms with Crippen LogP contribution < -0.4 is 0 Å². The summed E-state index contributed by atoms with van der Waals surface area (Å²) < 4.78 is 11.5. The maximum absolute atomic E-state index is 6.45. The summed E-state index contributed by atoms with van der Waals surface area (Å²) in [5.41, 5.74) is 10.4. The van der Waals surface area contributed by atoms with Crippen molar-refractivity contribution < 1.29 is 4.42 Å². The second kappa shape index (κ2) is 9.43. The lowest BCUT2D eigenvalue weighted by Crippen LogP contribution is -1.92. The number of fused-ring (bicyclic) bond motifs is 10. The smallest absolute Gasteiger partial charge is 0.143 e. The fraction of sp³-hybridized carbons (Fsp3) is 0. The number of furan rings is 1. The molecule has 0 amide bonds. The molecule has 0 unspecified atom stereocenters. The van der Waals surface area contributed by atoms with Crippen molar-refractivity contribution in [3.8, 4) is 27.9 Å². The minimum atomic E-state index is 0.920. The molecular formula is C42H25NOS. The van der Waals surface area contributed by atoms with Gasteiger partial charge in [-0.3, -0.25) is 0 Å². The molecule has 0 aliphatic carbocycles. The Bertz CT molecular complexity index is 2740. The monoisotopic (exact) mass is 591 g/mol. The highest BCUT2D eigenvalue weighted by molar-refractivity contribution is 7.26. The summed E-state index contributed by atoms with van der Waals surface area (Å²) in [5.74, 6) is 0. The zero-order chi connectivity index (χ0) is 29.5. The summed E-state index contributed by atoms with van der Waals surface area (Å²) in [6.07, 6.45) is 0. The van der Waals surface area contributed by atoms with Crippen molar-refractivity contribution in [3.05, 3.63) is 152 Å². The van der Waals surface area contributed by atoms with Crippen molar-refractivity contribution in [2.75, 3.05) is 0 Å². The maximum Gasteiger partial charge on any atom is 0.143 e. The normalized spacial score (nSPS) is 12.0. The largest absolute Gasteiger partial charge is 0.455 e. The van der Waals surface area contributed by atoms with Gasteiger partial charge >= 0.3 is 0 Å². The number of hydrogen-bond donors (Lipinski definition) is 0. The van der Waals surface area contributed by atoms with Gasteiger partial charge in [-0.15, -0.1) is 11.3 Å². The fourth-order valence-electron chi connectivity index (χ4n) is 7.13. The minimum absolute atomic E-state index is 0.920. The molecule has 0 fully saturated rings. The van der Waals surface area contributed by atoms with Crippen molar-refractivity contribution in [3.63, 3.8) is 0 Å². The molecule has 45 heavy (non-hydrogen) atoms. The van der Waals surface area contributed by atoms with Gasteiger partial charge in [-0.05, 0) is 70.1 Å². The molecule has 0 radical (unpaired) electrons. The SMILES string of the molecule is c1ccc(-n2c3ccccc3c3sc4ccc(-c5ccc(-c6cccc7oc8c9ccccc9ccc8c67)cc5)cc4c32)cc1. The molecule has 0 N–H and O–H groups in total. The van der Waals surface area contributed by atoms with E-state index in [1.54, 1.807) is 0 Å². The highest BCUT2D eigenvalue weighted by atomic mass is 32.1. The summed E-state index contributed by atoms with van der Waals surface area (Å²) in [7, 11) is 0. The molecule has 0 saturated heterocycles. The molecule has 0 aliphatic heterocycles. The van der Waals surface area contributed by atoms with Crippen molar-refractivity contribution in [1.29, 1.82) is 0 Å². The number of para-hydroxylation sites is 2. The van der Waals surface area contributed by atoms with Gasteiger partial charge < -0.3 is 8.98 Å². The Labute approximate surface area is 263 Å². The maximum atomic E-state index is 6.45. The van der Waals surface area contributed by atoms with Crippen LogP contribution >= 0.6 is 11.3 Å². The summed E-state index contributed by atoms with van der Waals surface area (Å²) in [5, 5.41) is 7.26. The number of thiophene rings is 1. The molecule has 210 valence electrons. The Morgan fingerprint density at radius 1 is 0.511 bits per heavy atom. The van der Waals surface area contributed by atoms with Crippen LogP contribution in [0, 0.1) is 0 Å². The highest BCUT2D eigenvalue weighted by Crippen LogP contribution is 2.44. The molecule has 0 atom stereocenters. The number of nitrogens with zero attached hydrogens (tertiary/aromatic N) is 1. The number of aromatic nitrogens is 1. The van der Waals surface area contributed by atoms with Crippen molar-refractivity contribution >= 4 is 75.3 Å². The minimum Gasteiger partial charge on any atom is -0.455 e. The molecule has 0 bridgehead atoms. The van der Waals surface area contributed by atoms with E-state index in [9.17, 15) is 0 Å². The van der Waals surface area contributed by atoms with E-state index in [4.69, 9.17) is 4.42 Å². The summed E-state index contributed by atoms with van der Waals surface area (Å²) in [6.45, 7) is 0. The van der Waals surface area contributed by atoms with Crippen LogP contribution in [0.15, 0.2) is 156 Å². The van der Waals surface area contributed by atoms with E-state index in [0.717, 1.165) is 21.9 Å². The van der Waals surface area contributed by atoms with Gasteiger partial charge in [-0.1, -0.05) is 109 Å². The van der Waals surface area contributed by atoms with E-state index in [0.29, 0.717) is 0 Å². The van der Waals surface area contributed by atoms with E-state index < -0.39 is 0 Å². The van der Waals surface area contributed by atoms with E-state index in [1.165, 1.54) is 69.9 Å². The molecular weight excluding hydrogens is 567 g/mol. The average Bonchev–Trinajstić information content (AvgIpc) is 3.77. The lowest BCUT2D eigenvalue weighted by atomic mass is 9.96. The third-order valence-electron chi connectivity index (χ3n) is 9.21. The molecule has 2 nitrogen and oxygen atoms in total. The molecule has 7 aromatic carbocycles. The third kappa shape index (κ3) is 3.62. The fourth-order valence-corrected chi connectivity index (χ4v) is 8.33. The van der Waals surface area contributed by atoms with Crippen molar-refractivity contribution in [2.24, 2.45) is 0 Å². The summed E-state index contributed by atoms with van der Waals surface area (Å²) in [4.78, 5) is 0. The molecule has 0 aliphatic rings. The number of hydrogen-bond acceptors (Lipinski definition) is 2. The van der Waals surface area contributed by atoms with Gasteiger partial charge in [0.15, 0.2) is 0 Å². The van der Waals surface area contributed by atoms with Crippen LogP contribution in [0.5, 0.6) is 0 Å². The summed E-state index contributed by atoms with van der Waals surface area (Å²) >= 11 is 1.88. The molecule has 10 rings (SSSR count). The molecule has 3 heterocycles. The first-order valence-electron chi connectivity index (χ1n) is 15.3. The highest BCUT2D eigenvalue weighted by Gasteiger charge is 2.18. The van der Waals surface area contributed by atoms with Gasteiger partial charge in [-0.2, -0.15) is 0 Å². The summed E-state index contributed by atoms with van der Waals surface area (Å²) in [6, 6.07) is 54.6. The van der Waals surface area contributed by atoms with Gasteiger partial charge in [0.25, 0.3) is 0 Å². The average molecular weight is 592 g/mol. The first-order valence-corrected chi connectivity index (χ1v) is 16.1. The Hall–Kier alpha value is -5.64. The Morgan fingerprint density at radius 2 is 1.27 bits per heavy atom. The quantitative estimate of drug-likeness (QED) is 0.200. The van der Waals surface area contributed by atoms with Crippen LogP contribution in [-0.4, -0.2) is 4.57 Å². The third-order valence-corrected chi connectivity index (χ3v) is 10.4. The molecule has 3 heteroatoms. The van der Waals surface area contributed by atoms with Gasteiger partial charge in [0.05, 0.1) is 15.7 Å². The second-order valence-electron chi connectivity index (χ2n) is 11.7. The molecule has 10 aromatic rings. The zero-order valence-electron chi connectivity index (χ0n) is 24.2. The van der Waals surface area contributed by atoms with E-state index in [-0.39, 0.29) is 0 Å². The van der Waals surface area contributed by atoms with Gasteiger partial charge in [0.2, 0.25) is 0 Å². The Kier molecular flexibility index (Phi) is 5.19. The van der Waals surface area contributed by atoms with Gasteiger partial charge in [0.1, 0.15) is 11.2 Å². The van der Waals surface area contributed by atoms with Crippen LogP contribution in [0.25, 0.3) is 91.9 Å². The van der Waals surface area contributed by atoms with E-state index in [2.05, 4.69) is 156 Å². The molecule has 0 saturated carbocycles. The van der Waals surface area contributed by atoms with Gasteiger partial charge in [0, 0.05) is 37.3 Å². The van der Waals surface area contributed by atoms with Crippen LogP contribution in [0.4, 0.5) is 0 Å². The lowest BCUT2D eigenvalue weighted by molar-refractivity contribution is 0.673. The topological polar surface area (TPSA) is 18.1 Å². The van der Waals surface area contributed by atoms with Gasteiger partial charge in [-0.25, -0.2) is 0 Å². The van der Waals surface area contributed by atoms with Crippen LogP contribution in [0.3, 0.4) is 0 Å². The van der Waals surface area contributed by atoms with E-state index in [1.807, 2.05) is 11.3 Å². The second-order valence-corrected chi connectivity index (χ2v) is 12.8. The Morgan fingerprint density at radius 3 is 2.16 bits per heavy atom. The van der Waals surface area contributed by atoms with Crippen molar-refractivity contribution in [2.45, 2.75) is 0 Å². The number of rotatable bonds is 3. The van der Waals surface area contributed by atoms with Crippen LogP contribution in [0.1, 0.15) is 0 Å². The van der Waals surface area contributed by atoms with Crippen LogP contribution in [-0.2, 0) is 0 Å². The first-order chi connectivity index (χ1) is 22.3. The standard InChI is InChI=1S/C42H25NOS/c1-2-10-30(11-3-1)43-36-15-7-6-13-33(36)42-40(43)35-25-29(22-24-38(35)45-42)26-17-19-28(20-18-26)31-14-8-16-37-39(31)34-23-21-27-9-4-5-12-32(27)41(34)44-37/h1-25H. The first kappa shape index (κ1) is 24.8. The predicted octanol–water partition coefficient (Wildman–Crippen LogP) is 12.4. The molecule has 3 aromatic heterocycles. The zero-order valence-corrected chi connectivity index (χ0v) is 25.0. The molecule has 0 spiro atoms. The lowest BCUT2D eigenvalue weighted by Gasteiger charge is -2.09. The Balaban J connectivity index is 1.12.